The molecule has 0 N–H and O–H groups in total. The van der Waals surface area contributed by atoms with Crippen molar-refractivity contribution in [2.75, 3.05) is 14.1 Å². The van der Waals surface area contributed by atoms with E-state index in [1.54, 1.807) is 4.90 Å². The van der Waals surface area contributed by atoms with Crippen LogP contribution in [0, 0.1) is 0 Å². The molecule has 0 aromatic rings. The van der Waals surface area contributed by atoms with Crippen LogP contribution in [-0.4, -0.2) is 41.0 Å². The molecule has 1 fully saturated rings. The molecule has 3 heteroatoms. The highest BCUT2D eigenvalue weighted by molar-refractivity contribution is 5.75. The van der Waals surface area contributed by atoms with Gasteiger partial charge in [0.2, 0.25) is 0 Å². The van der Waals surface area contributed by atoms with Gasteiger partial charge in [0.25, 0.3) is 0 Å². The second kappa shape index (κ2) is 3.69. The van der Waals surface area contributed by atoms with E-state index in [0.717, 1.165) is 12.8 Å². The van der Waals surface area contributed by atoms with Gasteiger partial charge in [0.1, 0.15) is 0 Å². The van der Waals surface area contributed by atoms with Crippen LogP contribution in [0.3, 0.4) is 0 Å². The fourth-order valence-corrected chi connectivity index (χ4v) is 2.71. The number of amides is 2. The zero-order valence-electron chi connectivity index (χ0n) is 10.9. The maximum atomic E-state index is 12.2. The standard InChI is InChI=1S/C12H24N2O/c1-11(2)8-7-9-12(3,4)14(11)10(15)13(5)6/h7-9H2,1-6H3. The van der Waals surface area contributed by atoms with E-state index in [2.05, 4.69) is 27.7 Å². The molecular formula is C12H24N2O. The summed E-state index contributed by atoms with van der Waals surface area (Å²) >= 11 is 0. The van der Waals surface area contributed by atoms with Crippen LogP contribution < -0.4 is 0 Å². The number of carbonyl (C=O) groups excluding carboxylic acids is 1. The number of piperidine rings is 1. The predicted octanol–water partition coefficient (Wildman–Crippen LogP) is 2.71. The maximum absolute atomic E-state index is 12.2. The van der Waals surface area contributed by atoms with Gasteiger partial charge < -0.3 is 9.80 Å². The Kier molecular flexibility index (Phi) is 3.04. The number of nitrogens with zero attached hydrogens (tertiary/aromatic N) is 2. The monoisotopic (exact) mass is 212 g/mol. The average molecular weight is 212 g/mol. The lowest BCUT2D eigenvalue weighted by Crippen LogP contribution is -2.63. The number of hydrogen-bond acceptors (Lipinski definition) is 1. The Morgan fingerprint density at radius 3 is 1.80 bits per heavy atom. The average Bonchev–Trinajstić information content (AvgIpc) is 1.99. The molecule has 1 aliphatic heterocycles. The molecule has 0 atom stereocenters. The summed E-state index contributed by atoms with van der Waals surface area (Å²) < 4.78 is 0. The van der Waals surface area contributed by atoms with Gasteiger partial charge in [-0.3, -0.25) is 0 Å². The summed E-state index contributed by atoms with van der Waals surface area (Å²) in [6.07, 6.45) is 3.39. The van der Waals surface area contributed by atoms with Gasteiger partial charge in [0.15, 0.2) is 0 Å². The van der Waals surface area contributed by atoms with Crippen LogP contribution in [0.25, 0.3) is 0 Å². The Bertz CT molecular complexity index is 240. The largest absolute Gasteiger partial charge is 0.331 e. The molecule has 0 aromatic carbocycles. The van der Waals surface area contributed by atoms with E-state index in [0.29, 0.717) is 0 Å². The molecule has 1 heterocycles. The van der Waals surface area contributed by atoms with Gasteiger partial charge in [-0.1, -0.05) is 0 Å². The summed E-state index contributed by atoms with van der Waals surface area (Å²) in [5.74, 6) is 0. The van der Waals surface area contributed by atoms with Crippen LogP contribution >= 0.6 is 0 Å². The van der Waals surface area contributed by atoms with Crippen molar-refractivity contribution in [3.05, 3.63) is 0 Å². The van der Waals surface area contributed by atoms with Crippen molar-refractivity contribution in [1.29, 1.82) is 0 Å². The lowest BCUT2D eigenvalue weighted by atomic mass is 9.80. The highest BCUT2D eigenvalue weighted by Gasteiger charge is 2.44. The van der Waals surface area contributed by atoms with Crippen LogP contribution in [0.5, 0.6) is 0 Å². The van der Waals surface area contributed by atoms with Gasteiger partial charge in [0.05, 0.1) is 0 Å². The molecule has 0 unspecified atom stereocenters. The van der Waals surface area contributed by atoms with E-state index in [9.17, 15) is 4.79 Å². The van der Waals surface area contributed by atoms with E-state index in [-0.39, 0.29) is 17.1 Å². The minimum Gasteiger partial charge on any atom is -0.331 e. The second-order valence-corrected chi connectivity index (χ2v) is 5.99. The third-order valence-corrected chi connectivity index (χ3v) is 3.36. The van der Waals surface area contributed by atoms with Crippen molar-refractivity contribution in [3.8, 4) is 0 Å². The Morgan fingerprint density at radius 2 is 1.47 bits per heavy atom. The smallest absolute Gasteiger partial charge is 0.320 e. The SMILES string of the molecule is CN(C)C(=O)N1C(C)(C)CCCC1(C)C. The summed E-state index contributed by atoms with van der Waals surface area (Å²) in [5, 5.41) is 0. The molecule has 0 spiro atoms. The first-order chi connectivity index (χ1) is 6.68. The molecule has 2 amide bonds. The number of rotatable bonds is 0. The second-order valence-electron chi connectivity index (χ2n) is 5.99. The van der Waals surface area contributed by atoms with Gasteiger partial charge in [-0.2, -0.15) is 0 Å². The summed E-state index contributed by atoms with van der Waals surface area (Å²) in [5.41, 5.74) is -0.0494. The van der Waals surface area contributed by atoms with Gasteiger partial charge >= 0.3 is 6.03 Å². The summed E-state index contributed by atoms with van der Waals surface area (Å²) in [6.45, 7) is 8.65. The van der Waals surface area contributed by atoms with Crippen molar-refractivity contribution in [3.63, 3.8) is 0 Å². The maximum Gasteiger partial charge on any atom is 0.320 e. The Hall–Kier alpha value is -0.730. The number of hydrogen-bond donors (Lipinski definition) is 0. The van der Waals surface area contributed by atoms with Crippen LogP contribution in [-0.2, 0) is 0 Å². The molecule has 0 saturated carbocycles. The van der Waals surface area contributed by atoms with E-state index in [4.69, 9.17) is 0 Å². The van der Waals surface area contributed by atoms with E-state index in [1.165, 1.54) is 6.42 Å². The minimum atomic E-state index is -0.0247. The number of carbonyl (C=O) groups is 1. The first kappa shape index (κ1) is 12.3. The van der Waals surface area contributed by atoms with Crippen LogP contribution in [0.2, 0.25) is 0 Å². The quantitative estimate of drug-likeness (QED) is 0.605. The van der Waals surface area contributed by atoms with Crippen molar-refractivity contribution in [1.82, 2.24) is 9.80 Å². The summed E-state index contributed by atoms with van der Waals surface area (Å²) in [7, 11) is 3.65. The molecule has 1 saturated heterocycles. The number of likely N-dealkylation sites (tertiary alicyclic amines) is 1. The Balaban J connectivity index is 3.01. The molecule has 3 nitrogen and oxygen atoms in total. The predicted molar refractivity (Wildman–Crippen MR) is 62.9 cm³/mol. The first-order valence-corrected chi connectivity index (χ1v) is 5.70. The molecule has 0 bridgehead atoms. The zero-order chi connectivity index (χ0) is 11.9. The fourth-order valence-electron chi connectivity index (χ4n) is 2.71. The van der Waals surface area contributed by atoms with E-state index >= 15 is 0 Å². The lowest BCUT2D eigenvalue weighted by Gasteiger charge is -2.53. The highest BCUT2D eigenvalue weighted by Crippen LogP contribution is 2.38. The van der Waals surface area contributed by atoms with Crippen molar-refractivity contribution in [2.45, 2.75) is 58.0 Å². The molecule has 0 aromatic heterocycles. The Morgan fingerprint density at radius 1 is 1.07 bits per heavy atom. The molecule has 1 rings (SSSR count). The van der Waals surface area contributed by atoms with E-state index in [1.807, 2.05) is 19.0 Å². The fraction of sp³-hybridized carbons (Fsp3) is 0.917. The van der Waals surface area contributed by atoms with Gasteiger partial charge in [-0.25, -0.2) is 4.79 Å². The third kappa shape index (κ3) is 2.27. The molecular weight excluding hydrogens is 188 g/mol. The van der Waals surface area contributed by atoms with Crippen LogP contribution in [0.1, 0.15) is 47.0 Å². The highest BCUT2D eigenvalue weighted by atomic mass is 16.2. The molecule has 15 heavy (non-hydrogen) atoms. The van der Waals surface area contributed by atoms with Gasteiger partial charge in [0, 0.05) is 25.2 Å². The molecule has 0 aliphatic carbocycles. The van der Waals surface area contributed by atoms with Gasteiger partial charge in [-0.15, -0.1) is 0 Å². The Labute approximate surface area is 93.4 Å². The number of urea groups is 1. The van der Waals surface area contributed by atoms with Crippen LogP contribution in [0.4, 0.5) is 4.79 Å². The summed E-state index contributed by atoms with van der Waals surface area (Å²) in [4.78, 5) is 15.9. The normalized spacial score (nSPS) is 23.7. The van der Waals surface area contributed by atoms with Crippen molar-refractivity contribution < 1.29 is 4.79 Å². The lowest BCUT2D eigenvalue weighted by molar-refractivity contribution is 0.00137. The molecule has 0 radical (unpaired) electrons. The molecule has 88 valence electrons. The topological polar surface area (TPSA) is 23.6 Å². The third-order valence-electron chi connectivity index (χ3n) is 3.36. The van der Waals surface area contributed by atoms with Gasteiger partial charge in [-0.05, 0) is 47.0 Å². The van der Waals surface area contributed by atoms with Crippen LogP contribution in [0.15, 0.2) is 0 Å². The van der Waals surface area contributed by atoms with E-state index < -0.39 is 0 Å². The minimum absolute atomic E-state index is 0.0247. The molecule has 1 aliphatic rings. The van der Waals surface area contributed by atoms with Crippen molar-refractivity contribution in [2.24, 2.45) is 0 Å². The summed E-state index contributed by atoms with van der Waals surface area (Å²) in [6, 6.07) is 0.129. The van der Waals surface area contributed by atoms with Crippen molar-refractivity contribution >= 4 is 6.03 Å². The first-order valence-electron chi connectivity index (χ1n) is 5.70. The zero-order valence-corrected chi connectivity index (χ0v) is 10.9.